The number of carbonyl (C=O) groups is 1. The van der Waals surface area contributed by atoms with E-state index in [0.717, 1.165) is 16.5 Å². The van der Waals surface area contributed by atoms with E-state index >= 15 is 0 Å². The fourth-order valence-corrected chi connectivity index (χ4v) is 3.71. The van der Waals surface area contributed by atoms with Gasteiger partial charge in [0.1, 0.15) is 11.4 Å². The molecule has 1 aliphatic heterocycles. The van der Waals surface area contributed by atoms with Gasteiger partial charge in [-0.1, -0.05) is 0 Å². The zero-order valence-corrected chi connectivity index (χ0v) is 16.5. The Morgan fingerprint density at radius 2 is 2.24 bits per heavy atom. The van der Waals surface area contributed by atoms with Crippen LogP contribution in [-0.2, 0) is 26.9 Å². The number of nitrogens with zero attached hydrogens (tertiary/aromatic N) is 4. The van der Waals surface area contributed by atoms with Gasteiger partial charge in [-0.15, -0.1) is 0 Å². The number of amides is 1. The molecule has 4 heterocycles. The molecule has 4 rings (SSSR count). The second kappa shape index (κ2) is 7.28. The fraction of sp³-hybridized carbons (Fsp3) is 0.333. The summed E-state index contributed by atoms with van der Waals surface area (Å²) in [5, 5.41) is 13.2. The molecule has 0 bridgehead atoms. The van der Waals surface area contributed by atoms with Crippen LogP contribution in [0.5, 0.6) is 0 Å². The highest BCUT2D eigenvalue weighted by Gasteiger charge is 2.39. The number of hydrogen-bond acceptors (Lipinski definition) is 6. The highest BCUT2D eigenvalue weighted by molar-refractivity contribution is 5.98. The first-order valence-corrected chi connectivity index (χ1v) is 9.24. The standard InChI is InChI=1S/C21H21N5O3/c1-13(27)24-20-8-15-16(11-26(2)18(15)10-23-20)17-6-14(9-22)7-19(25-17)21(28-3)4-5-29-12-21/h6-8,10-11H,4-5,12H2,1-3H3,(H,23,24,27)/t21-/m0/s1. The monoisotopic (exact) mass is 391 g/mol. The van der Waals surface area contributed by atoms with Gasteiger partial charge in [0, 0.05) is 51.3 Å². The van der Waals surface area contributed by atoms with Gasteiger partial charge in [-0.05, 0) is 18.2 Å². The predicted octanol–water partition coefficient (Wildman–Crippen LogP) is 2.73. The van der Waals surface area contributed by atoms with Crippen LogP contribution in [0, 0.1) is 11.3 Å². The van der Waals surface area contributed by atoms with E-state index in [1.807, 2.05) is 23.9 Å². The molecule has 1 amide bonds. The lowest BCUT2D eigenvalue weighted by Gasteiger charge is -2.25. The average molecular weight is 391 g/mol. The molecule has 1 aliphatic rings. The summed E-state index contributed by atoms with van der Waals surface area (Å²) < 4.78 is 13.3. The molecule has 1 atom stereocenters. The molecule has 1 saturated heterocycles. The van der Waals surface area contributed by atoms with Crippen LogP contribution in [-0.4, -0.2) is 40.8 Å². The Bertz CT molecular complexity index is 1140. The molecule has 1 fully saturated rings. The second-order valence-corrected chi connectivity index (χ2v) is 7.16. The van der Waals surface area contributed by atoms with Crippen molar-refractivity contribution in [3.05, 3.63) is 41.9 Å². The van der Waals surface area contributed by atoms with Crippen LogP contribution in [0.3, 0.4) is 0 Å². The van der Waals surface area contributed by atoms with Crippen molar-refractivity contribution in [3.8, 4) is 17.3 Å². The molecule has 3 aromatic heterocycles. The Kier molecular flexibility index (Phi) is 4.78. The Labute approximate surface area is 168 Å². The van der Waals surface area contributed by atoms with E-state index in [1.54, 1.807) is 25.4 Å². The summed E-state index contributed by atoms with van der Waals surface area (Å²) >= 11 is 0. The largest absolute Gasteiger partial charge is 0.378 e. The van der Waals surface area contributed by atoms with Crippen molar-refractivity contribution in [2.24, 2.45) is 7.05 Å². The number of nitriles is 1. The molecule has 29 heavy (non-hydrogen) atoms. The molecular weight excluding hydrogens is 370 g/mol. The van der Waals surface area contributed by atoms with Crippen molar-refractivity contribution in [1.82, 2.24) is 14.5 Å². The van der Waals surface area contributed by atoms with Gasteiger partial charge < -0.3 is 19.4 Å². The van der Waals surface area contributed by atoms with Gasteiger partial charge in [0.2, 0.25) is 5.91 Å². The number of ether oxygens (including phenoxy) is 2. The maximum absolute atomic E-state index is 11.4. The van der Waals surface area contributed by atoms with Gasteiger partial charge >= 0.3 is 0 Å². The number of aryl methyl sites for hydroxylation is 1. The van der Waals surface area contributed by atoms with Crippen LogP contribution in [0.2, 0.25) is 0 Å². The van der Waals surface area contributed by atoms with Crippen LogP contribution in [0.15, 0.2) is 30.6 Å². The summed E-state index contributed by atoms with van der Waals surface area (Å²) in [7, 11) is 3.56. The first-order valence-electron chi connectivity index (χ1n) is 9.24. The minimum Gasteiger partial charge on any atom is -0.378 e. The van der Waals surface area contributed by atoms with Crippen LogP contribution in [0.25, 0.3) is 22.2 Å². The molecule has 8 nitrogen and oxygen atoms in total. The molecule has 148 valence electrons. The van der Waals surface area contributed by atoms with E-state index in [2.05, 4.69) is 16.4 Å². The Morgan fingerprint density at radius 3 is 2.90 bits per heavy atom. The minimum atomic E-state index is -0.658. The van der Waals surface area contributed by atoms with E-state index in [0.29, 0.717) is 42.4 Å². The highest BCUT2D eigenvalue weighted by Crippen LogP contribution is 2.36. The maximum Gasteiger partial charge on any atom is 0.222 e. The SMILES string of the molecule is CO[C@@]1(c2cc(C#N)cc(-c3cn(C)c4cnc(NC(C)=O)cc34)n2)CCOC1. The van der Waals surface area contributed by atoms with Gasteiger partial charge in [0.15, 0.2) is 0 Å². The maximum atomic E-state index is 11.4. The lowest BCUT2D eigenvalue weighted by atomic mass is 9.95. The van der Waals surface area contributed by atoms with Crippen LogP contribution in [0.1, 0.15) is 24.6 Å². The van der Waals surface area contributed by atoms with Gasteiger partial charge in [-0.2, -0.15) is 5.26 Å². The van der Waals surface area contributed by atoms with Crippen molar-refractivity contribution in [2.75, 3.05) is 25.6 Å². The smallest absolute Gasteiger partial charge is 0.222 e. The van der Waals surface area contributed by atoms with Crippen molar-refractivity contribution < 1.29 is 14.3 Å². The van der Waals surface area contributed by atoms with Crippen LogP contribution >= 0.6 is 0 Å². The molecule has 1 N–H and O–H groups in total. The number of methoxy groups -OCH3 is 1. The third-order valence-electron chi connectivity index (χ3n) is 5.25. The Hall–Kier alpha value is -3.28. The third-order valence-corrected chi connectivity index (χ3v) is 5.25. The van der Waals surface area contributed by atoms with Crippen molar-refractivity contribution in [3.63, 3.8) is 0 Å². The second-order valence-electron chi connectivity index (χ2n) is 7.16. The van der Waals surface area contributed by atoms with E-state index < -0.39 is 5.60 Å². The molecule has 0 unspecified atom stereocenters. The van der Waals surface area contributed by atoms with Gasteiger partial charge in [-0.25, -0.2) is 9.97 Å². The number of anilines is 1. The molecule has 0 spiro atoms. The predicted molar refractivity (Wildman–Crippen MR) is 107 cm³/mol. The quantitative estimate of drug-likeness (QED) is 0.734. The van der Waals surface area contributed by atoms with Crippen LogP contribution in [0.4, 0.5) is 5.82 Å². The molecule has 0 aliphatic carbocycles. The number of pyridine rings is 2. The minimum absolute atomic E-state index is 0.190. The number of rotatable bonds is 4. The fourth-order valence-electron chi connectivity index (χ4n) is 3.71. The van der Waals surface area contributed by atoms with Crippen molar-refractivity contribution >= 4 is 22.6 Å². The number of hydrogen-bond donors (Lipinski definition) is 1. The molecule has 0 saturated carbocycles. The Balaban J connectivity index is 1.90. The molecule has 0 aromatic carbocycles. The van der Waals surface area contributed by atoms with E-state index in [4.69, 9.17) is 14.5 Å². The lowest BCUT2D eigenvalue weighted by molar-refractivity contribution is -0.114. The third kappa shape index (κ3) is 3.35. The van der Waals surface area contributed by atoms with Gasteiger partial charge in [0.05, 0.1) is 41.3 Å². The van der Waals surface area contributed by atoms with E-state index in [1.165, 1.54) is 6.92 Å². The summed E-state index contributed by atoms with van der Waals surface area (Å²) in [5.41, 5.74) is 2.93. The summed E-state index contributed by atoms with van der Waals surface area (Å²) in [6.07, 6.45) is 4.33. The Morgan fingerprint density at radius 1 is 1.41 bits per heavy atom. The van der Waals surface area contributed by atoms with E-state index in [9.17, 15) is 10.1 Å². The van der Waals surface area contributed by atoms with Crippen molar-refractivity contribution in [2.45, 2.75) is 18.9 Å². The molecular formula is C21H21N5O3. The summed E-state index contributed by atoms with van der Waals surface area (Å²) in [4.78, 5) is 20.6. The van der Waals surface area contributed by atoms with E-state index in [-0.39, 0.29) is 5.91 Å². The van der Waals surface area contributed by atoms with Gasteiger partial charge in [0.25, 0.3) is 0 Å². The number of aromatic nitrogens is 3. The zero-order valence-electron chi connectivity index (χ0n) is 16.5. The zero-order chi connectivity index (χ0) is 20.6. The number of carbonyl (C=O) groups excluding carboxylic acids is 1. The normalized spacial score (nSPS) is 18.7. The van der Waals surface area contributed by atoms with Crippen LogP contribution < -0.4 is 5.32 Å². The summed E-state index contributed by atoms with van der Waals surface area (Å²) in [5.74, 6) is 0.274. The number of fused-ring (bicyclic) bond motifs is 1. The number of nitrogens with one attached hydrogen (secondary N) is 1. The lowest BCUT2D eigenvalue weighted by Crippen LogP contribution is -2.30. The first kappa shape index (κ1) is 19.1. The molecule has 0 radical (unpaired) electrons. The highest BCUT2D eigenvalue weighted by atomic mass is 16.5. The average Bonchev–Trinajstić information content (AvgIpc) is 3.33. The topological polar surface area (TPSA) is 102 Å². The summed E-state index contributed by atoms with van der Waals surface area (Å²) in [6.45, 7) is 2.43. The molecule has 8 heteroatoms. The van der Waals surface area contributed by atoms with Gasteiger partial charge in [-0.3, -0.25) is 4.79 Å². The molecule has 3 aromatic rings. The van der Waals surface area contributed by atoms with Crippen molar-refractivity contribution in [1.29, 1.82) is 5.26 Å². The summed E-state index contributed by atoms with van der Waals surface area (Å²) in [6, 6.07) is 7.56. The first-order chi connectivity index (χ1) is 14.0.